The second kappa shape index (κ2) is 7.89. The number of esters is 1. The van der Waals surface area contributed by atoms with Crippen LogP contribution in [0.15, 0.2) is 34.1 Å². The predicted octanol–water partition coefficient (Wildman–Crippen LogP) is 0.154. The molecule has 2 amide bonds. The molecule has 2 N–H and O–H groups in total. The number of β-lactam (4-membered cyclic amide) rings is 1. The van der Waals surface area contributed by atoms with Crippen LogP contribution in [0, 0.1) is 0 Å². The normalized spacial score (nSPS) is 20.9. The van der Waals surface area contributed by atoms with Crippen molar-refractivity contribution in [2.75, 3.05) is 12.4 Å². The fraction of sp³-hybridized carbons (Fsp3) is 0.353. The quantitative estimate of drug-likeness (QED) is 0.279. The third-order valence-electron chi connectivity index (χ3n) is 4.13. The van der Waals surface area contributed by atoms with E-state index in [1.807, 2.05) is 0 Å². The smallest absolute Gasteiger partial charge is 0.352 e. The fourth-order valence-electron chi connectivity index (χ4n) is 2.88. The second-order valence-corrected chi connectivity index (χ2v) is 7.17. The average Bonchev–Trinajstić information content (AvgIpc) is 3.18. The lowest BCUT2D eigenvalue weighted by atomic mass is 10.0. The van der Waals surface area contributed by atoms with E-state index in [0.717, 1.165) is 4.90 Å². The summed E-state index contributed by atoms with van der Waals surface area (Å²) in [4.78, 5) is 60.1. The van der Waals surface area contributed by atoms with E-state index in [9.17, 15) is 29.1 Å². The summed E-state index contributed by atoms with van der Waals surface area (Å²) >= 11 is 1.24. The van der Waals surface area contributed by atoms with E-state index in [0.29, 0.717) is 5.57 Å². The van der Waals surface area contributed by atoms with Crippen LogP contribution in [0.5, 0.6) is 0 Å². The molecular formula is C17H16N2O8S. The van der Waals surface area contributed by atoms with Crippen LogP contribution in [0.3, 0.4) is 0 Å². The maximum atomic E-state index is 12.4. The number of thioether (sulfide) groups is 1. The number of furan rings is 1. The van der Waals surface area contributed by atoms with Gasteiger partial charge in [-0.25, -0.2) is 4.79 Å². The highest BCUT2D eigenvalue weighted by Gasteiger charge is 2.54. The van der Waals surface area contributed by atoms with Gasteiger partial charge in [-0.2, -0.15) is 0 Å². The molecule has 1 fully saturated rings. The van der Waals surface area contributed by atoms with Crippen molar-refractivity contribution in [2.24, 2.45) is 0 Å². The molecule has 1 saturated heterocycles. The monoisotopic (exact) mass is 408 g/mol. The topological polar surface area (TPSA) is 143 Å². The van der Waals surface area contributed by atoms with Gasteiger partial charge in [-0.1, -0.05) is 0 Å². The molecule has 3 heterocycles. The van der Waals surface area contributed by atoms with Crippen LogP contribution in [0.25, 0.3) is 0 Å². The number of Topliss-reactive ketones (excluding diaryl/α,β-unsaturated/α-hetero) is 1. The molecule has 0 saturated carbocycles. The lowest BCUT2D eigenvalue weighted by Gasteiger charge is -2.49. The van der Waals surface area contributed by atoms with Gasteiger partial charge in [0.25, 0.3) is 5.91 Å². The first-order valence-corrected chi connectivity index (χ1v) is 9.24. The van der Waals surface area contributed by atoms with Gasteiger partial charge in [-0.05, 0) is 12.1 Å². The SMILES string of the molecule is CC(=O)OCC1=C(C(=O)O)N2C(=O)[C@@H](NC(=O)CC(=O)c3ccco3)[C@@H]2SC1. The predicted molar refractivity (Wildman–Crippen MR) is 94.0 cm³/mol. The van der Waals surface area contributed by atoms with Crippen LogP contribution in [-0.2, 0) is 23.9 Å². The summed E-state index contributed by atoms with van der Waals surface area (Å²) in [5.74, 6) is -3.42. The van der Waals surface area contributed by atoms with Gasteiger partial charge in [0.05, 0.1) is 12.7 Å². The Morgan fingerprint density at radius 1 is 1.39 bits per heavy atom. The van der Waals surface area contributed by atoms with Gasteiger partial charge >= 0.3 is 11.9 Å². The molecule has 0 radical (unpaired) electrons. The number of nitrogens with one attached hydrogen (secondary N) is 1. The van der Waals surface area contributed by atoms with Gasteiger partial charge in [0.2, 0.25) is 11.7 Å². The standard InChI is InChI=1S/C17H16N2O8S/c1-8(20)27-6-9-7-28-16-13(15(23)19(16)14(9)17(24)25)18-12(22)5-10(21)11-3-2-4-26-11/h2-4,13,16H,5-7H2,1H3,(H,18,22)(H,24,25)/t13-,16+/m1/s1. The Bertz CT molecular complexity index is 876. The zero-order valence-electron chi connectivity index (χ0n) is 14.7. The highest BCUT2D eigenvalue weighted by molar-refractivity contribution is 8.00. The van der Waals surface area contributed by atoms with Crippen LogP contribution in [0.4, 0.5) is 0 Å². The molecular weight excluding hydrogens is 392 g/mol. The number of fused-ring (bicyclic) bond motifs is 1. The van der Waals surface area contributed by atoms with E-state index in [-0.39, 0.29) is 23.8 Å². The number of rotatable bonds is 7. The first kappa shape index (κ1) is 19.7. The van der Waals surface area contributed by atoms with Gasteiger partial charge in [0.15, 0.2) is 5.76 Å². The number of hydrogen-bond acceptors (Lipinski definition) is 8. The summed E-state index contributed by atoms with van der Waals surface area (Å²) < 4.78 is 9.77. The Kier molecular flexibility index (Phi) is 5.54. The molecule has 2 atom stereocenters. The molecule has 10 nitrogen and oxygen atoms in total. The number of hydrogen-bond donors (Lipinski definition) is 2. The number of ketones is 1. The minimum absolute atomic E-state index is 0.0370. The molecule has 11 heteroatoms. The van der Waals surface area contributed by atoms with Crippen LogP contribution >= 0.6 is 11.8 Å². The van der Waals surface area contributed by atoms with Crippen molar-refractivity contribution in [2.45, 2.75) is 24.8 Å². The zero-order chi connectivity index (χ0) is 20.4. The van der Waals surface area contributed by atoms with Crippen LogP contribution in [-0.4, -0.2) is 63.3 Å². The molecule has 2 aliphatic rings. The highest BCUT2D eigenvalue weighted by Crippen LogP contribution is 2.40. The van der Waals surface area contributed by atoms with Crippen LogP contribution in [0.2, 0.25) is 0 Å². The Morgan fingerprint density at radius 2 is 2.14 bits per heavy atom. The van der Waals surface area contributed by atoms with Crippen molar-refractivity contribution >= 4 is 41.3 Å². The number of carboxylic acid groups (broad SMARTS) is 1. The Hall–Kier alpha value is -3.08. The number of ether oxygens (including phenoxy) is 1. The number of nitrogens with zero attached hydrogens (tertiary/aromatic N) is 1. The highest BCUT2D eigenvalue weighted by atomic mass is 32.2. The van der Waals surface area contributed by atoms with Gasteiger partial charge in [-0.15, -0.1) is 11.8 Å². The zero-order valence-corrected chi connectivity index (χ0v) is 15.5. The van der Waals surface area contributed by atoms with E-state index in [1.165, 1.54) is 37.1 Å². The van der Waals surface area contributed by atoms with Gasteiger partial charge in [0.1, 0.15) is 23.7 Å². The third-order valence-corrected chi connectivity index (χ3v) is 5.47. The van der Waals surface area contributed by atoms with E-state index in [4.69, 9.17) is 9.15 Å². The largest absolute Gasteiger partial charge is 0.477 e. The van der Waals surface area contributed by atoms with Crippen molar-refractivity contribution in [1.29, 1.82) is 0 Å². The van der Waals surface area contributed by atoms with E-state index >= 15 is 0 Å². The molecule has 1 aromatic rings. The van der Waals surface area contributed by atoms with Crippen molar-refractivity contribution in [3.8, 4) is 0 Å². The Balaban J connectivity index is 1.66. The van der Waals surface area contributed by atoms with E-state index in [1.54, 1.807) is 0 Å². The number of carbonyl (C=O) groups is 5. The van der Waals surface area contributed by atoms with Crippen LogP contribution in [0.1, 0.15) is 23.9 Å². The van der Waals surface area contributed by atoms with E-state index in [2.05, 4.69) is 5.32 Å². The van der Waals surface area contributed by atoms with Gasteiger partial charge in [-0.3, -0.25) is 24.1 Å². The molecule has 0 unspecified atom stereocenters. The summed E-state index contributed by atoms with van der Waals surface area (Å²) in [6, 6.07) is 2.01. The molecule has 0 aliphatic carbocycles. The van der Waals surface area contributed by atoms with Crippen molar-refractivity contribution in [3.05, 3.63) is 35.4 Å². The summed E-state index contributed by atoms with van der Waals surface area (Å²) in [7, 11) is 0. The van der Waals surface area contributed by atoms with Gasteiger partial charge in [0, 0.05) is 18.2 Å². The average molecular weight is 408 g/mol. The number of carbonyl (C=O) groups excluding carboxylic acids is 4. The third kappa shape index (κ3) is 3.79. The molecule has 28 heavy (non-hydrogen) atoms. The first-order chi connectivity index (χ1) is 13.3. The Morgan fingerprint density at radius 3 is 2.75 bits per heavy atom. The summed E-state index contributed by atoms with van der Waals surface area (Å²) in [6.07, 6.45) is 0.818. The molecule has 3 rings (SSSR count). The molecule has 1 aromatic heterocycles. The Labute approximate surface area is 162 Å². The van der Waals surface area contributed by atoms with Crippen molar-refractivity contribution < 1.29 is 38.2 Å². The van der Waals surface area contributed by atoms with Crippen molar-refractivity contribution in [1.82, 2.24) is 10.2 Å². The minimum Gasteiger partial charge on any atom is -0.477 e. The summed E-state index contributed by atoms with van der Waals surface area (Å²) in [5, 5.41) is 11.3. The van der Waals surface area contributed by atoms with Crippen molar-refractivity contribution in [3.63, 3.8) is 0 Å². The summed E-state index contributed by atoms with van der Waals surface area (Å²) in [5.41, 5.74) is 0.0576. The molecule has 0 aromatic carbocycles. The molecule has 0 spiro atoms. The van der Waals surface area contributed by atoms with Crippen LogP contribution < -0.4 is 5.32 Å². The molecule has 0 bridgehead atoms. The maximum absolute atomic E-state index is 12.4. The summed E-state index contributed by atoms with van der Waals surface area (Å²) in [6.45, 7) is 0.972. The molecule has 148 valence electrons. The number of aliphatic carboxylic acids is 1. The lowest BCUT2D eigenvalue weighted by Crippen LogP contribution is -2.70. The van der Waals surface area contributed by atoms with Gasteiger partial charge < -0.3 is 19.6 Å². The molecule has 2 aliphatic heterocycles. The minimum atomic E-state index is -1.32. The fourth-order valence-corrected chi connectivity index (χ4v) is 4.21. The number of carboxylic acids is 1. The maximum Gasteiger partial charge on any atom is 0.352 e. The first-order valence-electron chi connectivity index (χ1n) is 8.19. The van der Waals surface area contributed by atoms with E-state index < -0.39 is 47.4 Å². The lowest BCUT2D eigenvalue weighted by molar-refractivity contribution is -0.151. The number of amides is 2. The second-order valence-electron chi connectivity index (χ2n) is 6.07.